The molecule has 2 aliphatic heterocycles. The second-order valence-corrected chi connectivity index (χ2v) is 10.5. The van der Waals surface area contributed by atoms with Crippen molar-refractivity contribution in [3.05, 3.63) is 36.5 Å². The molecule has 5 rings (SSSR count). The number of hydrogen-bond donors (Lipinski definition) is 1. The second-order valence-electron chi connectivity index (χ2n) is 7.99. The van der Waals surface area contributed by atoms with Crippen molar-refractivity contribution >= 4 is 32.6 Å². The molecule has 0 amide bonds. The molecule has 2 unspecified atom stereocenters. The molecule has 8 nitrogen and oxygen atoms in total. The highest BCUT2D eigenvalue weighted by Gasteiger charge is 2.42. The Morgan fingerprint density at radius 3 is 2.65 bits per heavy atom. The number of ether oxygens (including phenoxy) is 2. The fourth-order valence-corrected chi connectivity index (χ4v) is 5.31. The summed E-state index contributed by atoms with van der Waals surface area (Å²) in [4.78, 5) is 11.6. The van der Waals surface area contributed by atoms with Crippen LogP contribution in [0.25, 0.3) is 22.2 Å². The first-order valence-electron chi connectivity index (χ1n) is 9.78. The molecule has 2 fully saturated rings. The number of aromatic nitrogens is 3. The van der Waals surface area contributed by atoms with Crippen LogP contribution >= 0.6 is 11.8 Å². The van der Waals surface area contributed by atoms with Gasteiger partial charge in [0.25, 0.3) is 0 Å². The van der Waals surface area contributed by atoms with Gasteiger partial charge in [0, 0.05) is 48.5 Å². The highest BCUT2D eigenvalue weighted by atomic mass is 35.5. The monoisotopic (exact) mass is 466 g/mol. The van der Waals surface area contributed by atoms with Gasteiger partial charge in [-0.3, -0.25) is 0 Å². The highest BCUT2D eigenvalue weighted by Crippen LogP contribution is 2.36. The Bertz CT molecular complexity index is 1240. The van der Waals surface area contributed by atoms with Crippen LogP contribution in [-0.4, -0.2) is 66.5 Å². The van der Waals surface area contributed by atoms with E-state index in [0.29, 0.717) is 48.8 Å². The molecule has 2 atom stereocenters. The fourth-order valence-electron chi connectivity index (χ4n) is 4.32. The summed E-state index contributed by atoms with van der Waals surface area (Å²) in [7, 11) is -3.50. The summed E-state index contributed by atoms with van der Waals surface area (Å²) in [6, 6.07) is 3.84. The number of aromatic amines is 1. The Kier molecular flexibility index (Phi) is 5.12. The molecule has 3 aromatic rings. The zero-order valence-corrected chi connectivity index (χ0v) is 18.2. The van der Waals surface area contributed by atoms with Crippen molar-refractivity contribution < 1.29 is 22.3 Å². The van der Waals surface area contributed by atoms with Gasteiger partial charge in [0.15, 0.2) is 9.84 Å². The smallest absolute Gasteiger partial charge is 0.241 e. The van der Waals surface area contributed by atoms with Crippen LogP contribution in [0, 0.1) is 17.7 Å². The largest absolute Gasteiger partial charge is 0.472 e. The van der Waals surface area contributed by atoms with Gasteiger partial charge in [-0.15, -0.1) is 0 Å². The van der Waals surface area contributed by atoms with Gasteiger partial charge in [0.2, 0.25) is 5.88 Å². The van der Waals surface area contributed by atoms with Crippen molar-refractivity contribution in [1.29, 1.82) is 0 Å². The molecule has 2 aromatic heterocycles. The van der Waals surface area contributed by atoms with Crippen LogP contribution in [0.1, 0.15) is 0 Å². The van der Waals surface area contributed by atoms with Gasteiger partial charge >= 0.3 is 0 Å². The van der Waals surface area contributed by atoms with Gasteiger partial charge < -0.3 is 14.5 Å². The maximum atomic E-state index is 14.8. The number of sulfone groups is 1. The normalized spacial score (nSPS) is 24.4. The van der Waals surface area contributed by atoms with E-state index in [1.807, 2.05) is 0 Å². The van der Waals surface area contributed by atoms with Crippen LogP contribution in [0.3, 0.4) is 0 Å². The lowest BCUT2D eigenvalue weighted by Crippen LogP contribution is -2.55. The number of piperidine rings is 1. The summed E-state index contributed by atoms with van der Waals surface area (Å²) in [6.07, 6.45) is 3.94. The molecule has 0 radical (unpaired) electrons. The predicted octanol–water partition coefficient (Wildman–Crippen LogP) is 2.65. The van der Waals surface area contributed by atoms with Crippen LogP contribution < -0.4 is 4.74 Å². The summed E-state index contributed by atoms with van der Waals surface area (Å²) in [5.74, 6) is -0.0312. The topological polar surface area (TPSA) is 97.4 Å². The molecule has 1 N–H and O–H groups in total. The van der Waals surface area contributed by atoms with E-state index in [1.54, 1.807) is 10.6 Å². The maximum absolute atomic E-state index is 14.8. The van der Waals surface area contributed by atoms with Gasteiger partial charge in [-0.1, -0.05) is 6.07 Å². The van der Waals surface area contributed by atoms with Crippen LogP contribution in [0.2, 0.25) is 0 Å². The van der Waals surface area contributed by atoms with Crippen LogP contribution in [0.5, 0.6) is 5.88 Å². The quantitative estimate of drug-likeness (QED) is 0.590. The van der Waals surface area contributed by atoms with Crippen molar-refractivity contribution in [3.8, 4) is 17.0 Å². The number of hydrogen-bond acceptors (Lipinski definition) is 7. The average molecular weight is 467 g/mol. The Morgan fingerprint density at radius 1 is 1.23 bits per heavy atom. The summed E-state index contributed by atoms with van der Waals surface area (Å²) < 4.78 is 51.9. The fraction of sp³-hybridized carbons (Fsp3) is 0.400. The Morgan fingerprint density at radius 2 is 1.97 bits per heavy atom. The molecule has 11 heteroatoms. The Labute approximate surface area is 183 Å². The molecule has 2 bridgehead atoms. The first-order chi connectivity index (χ1) is 14.8. The number of nitrogens with zero attached hydrogens (tertiary/aromatic N) is 3. The molecule has 2 saturated heterocycles. The number of benzene rings is 1. The van der Waals surface area contributed by atoms with E-state index in [9.17, 15) is 12.8 Å². The highest BCUT2D eigenvalue weighted by molar-refractivity contribution is 7.90. The number of H-pyrrole nitrogens is 1. The van der Waals surface area contributed by atoms with Gasteiger partial charge in [-0.25, -0.2) is 22.2 Å². The van der Waals surface area contributed by atoms with Crippen molar-refractivity contribution in [2.45, 2.75) is 11.0 Å². The maximum Gasteiger partial charge on any atom is 0.241 e. The van der Waals surface area contributed by atoms with Crippen molar-refractivity contribution in [1.82, 2.24) is 19.4 Å². The molecule has 2 aliphatic rings. The Balaban J connectivity index is 1.50. The van der Waals surface area contributed by atoms with E-state index in [1.165, 1.54) is 18.5 Å². The number of fused-ring (bicyclic) bond motifs is 3. The summed E-state index contributed by atoms with van der Waals surface area (Å²) in [6.45, 7) is 2.44. The van der Waals surface area contributed by atoms with Gasteiger partial charge in [0.1, 0.15) is 29.3 Å². The van der Waals surface area contributed by atoms with E-state index in [-0.39, 0.29) is 28.4 Å². The first kappa shape index (κ1) is 20.6. The van der Waals surface area contributed by atoms with Crippen molar-refractivity contribution in [2.75, 3.05) is 32.6 Å². The average Bonchev–Trinajstić information content (AvgIpc) is 3.13. The predicted molar refractivity (Wildman–Crippen MR) is 112 cm³/mol. The minimum absolute atomic E-state index is 0.0772. The third kappa shape index (κ3) is 3.78. The zero-order valence-electron chi connectivity index (χ0n) is 16.6. The lowest BCUT2D eigenvalue weighted by molar-refractivity contribution is -0.0991. The van der Waals surface area contributed by atoms with E-state index >= 15 is 0 Å². The molecule has 0 saturated carbocycles. The van der Waals surface area contributed by atoms with E-state index < -0.39 is 15.7 Å². The van der Waals surface area contributed by atoms with E-state index in [4.69, 9.17) is 21.3 Å². The van der Waals surface area contributed by atoms with Gasteiger partial charge in [-0.2, -0.15) is 4.98 Å². The third-order valence-electron chi connectivity index (χ3n) is 5.79. The third-order valence-corrected chi connectivity index (χ3v) is 7.18. The van der Waals surface area contributed by atoms with Crippen LogP contribution in [0.4, 0.5) is 4.39 Å². The van der Waals surface area contributed by atoms with Gasteiger partial charge in [-0.05, 0) is 23.9 Å². The number of rotatable bonds is 4. The molecule has 1 aromatic carbocycles. The minimum atomic E-state index is -3.50. The molecule has 164 valence electrons. The second kappa shape index (κ2) is 7.70. The molecule has 4 heterocycles. The molecule has 31 heavy (non-hydrogen) atoms. The lowest BCUT2D eigenvalue weighted by atomic mass is 9.86. The molecule has 0 spiro atoms. The van der Waals surface area contributed by atoms with Gasteiger partial charge in [0.05, 0.1) is 18.1 Å². The molecular formula is C20H20ClFN4O4S. The Hall–Kier alpha value is -2.27. The van der Waals surface area contributed by atoms with Crippen molar-refractivity contribution in [3.63, 3.8) is 0 Å². The van der Waals surface area contributed by atoms with Crippen LogP contribution in [-0.2, 0) is 14.6 Å². The van der Waals surface area contributed by atoms with Crippen molar-refractivity contribution in [2.24, 2.45) is 11.8 Å². The SMILES string of the molecule is CS(=O)(=O)c1ccc(-c2c[nH]c3c(OC4C5COCC4CN(Cl)C5)ncnc23)c(F)c1. The zero-order chi connectivity index (χ0) is 21.8. The molecular weight excluding hydrogens is 447 g/mol. The summed E-state index contributed by atoms with van der Waals surface area (Å²) >= 11 is 6.22. The summed E-state index contributed by atoms with van der Waals surface area (Å²) in [5, 5.41) is 0. The molecule has 0 aliphatic carbocycles. The lowest BCUT2D eigenvalue weighted by Gasteiger charge is -2.44. The standard InChI is InChI=1S/C20H20ClFN4O4S/c1-31(27,28)13-2-3-14(16(22)4-13)15-5-23-18-17(15)24-10-25-20(18)30-19-11-6-26(21)7-12(19)9-29-8-11/h2-5,10-12,19,23H,6-9H2,1H3. The van der Waals surface area contributed by atoms with Crippen LogP contribution in [0.15, 0.2) is 35.6 Å². The number of nitrogens with one attached hydrogen (secondary N) is 1. The number of halogens is 2. The minimum Gasteiger partial charge on any atom is -0.472 e. The van der Waals surface area contributed by atoms with E-state index in [0.717, 1.165) is 12.3 Å². The summed E-state index contributed by atoms with van der Waals surface area (Å²) in [5.41, 5.74) is 1.78. The van der Waals surface area contributed by atoms with E-state index in [2.05, 4.69) is 15.0 Å². The first-order valence-corrected chi connectivity index (χ1v) is 12.0.